The average Bonchev–Trinajstić information content (AvgIpc) is 2.58. The van der Waals surface area contributed by atoms with E-state index in [0.29, 0.717) is 10.8 Å². The molecule has 0 fully saturated rings. The fourth-order valence-electron chi connectivity index (χ4n) is 1.43. The second-order valence-corrected chi connectivity index (χ2v) is 3.73. The molecule has 0 aliphatic rings. The Labute approximate surface area is 91.7 Å². The van der Waals surface area contributed by atoms with Crippen LogP contribution in [0, 0.1) is 6.92 Å². The predicted octanol–water partition coefficient (Wildman–Crippen LogP) is 2.33. The molecule has 5 heteroatoms. The van der Waals surface area contributed by atoms with Crippen molar-refractivity contribution in [2.24, 2.45) is 0 Å². The second kappa shape index (κ2) is 3.47. The number of H-pyrrole nitrogens is 1. The number of aromatic hydroxyl groups is 1. The maximum atomic E-state index is 9.39. The van der Waals surface area contributed by atoms with Gasteiger partial charge in [0.1, 0.15) is 11.6 Å². The van der Waals surface area contributed by atoms with Gasteiger partial charge < -0.3 is 10.8 Å². The number of hydrogen-bond acceptors (Lipinski definition) is 3. The summed E-state index contributed by atoms with van der Waals surface area (Å²) in [5.41, 5.74) is 8.07. The first kappa shape index (κ1) is 9.86. The minimum Gasteiger partial charge on any atom is -0.506 e. The molecule has 0 aliphatic carbocycles. The summed E-state index contributed by atoms with van der Waals surface area (Å²) in [6.07, 6.45) is 0. The molecule has 78 valence electrons. The van der Waals surface area contributed by atoms with Crippen molar-refractivity contribution in [3.8, 4) is 17.0 Å². The van der Waals surface area contributed by atoms with Gasteiger partial charge in [-0.25, -0.2) is 0 Å². The van der Waals surface area contributed by atoms with Gasteiger partial charge in [-0.15, -0.1) is 0 Å². The van der Waals surface area contributed by atoms with E-state index in [0.717, 1.165) is 16.8 Å². The summed E-state index contributed by atoms with van der Waals surface area (Å²) in [6.45, 7) is 1.88. The summed E-state index contributed by atoms with van der Waals surface area (Å²) in [4.78, 5) is 0. The molecule has 0 unspecified atom stereocenters. The molecule has 0 aliphatic heterocycles. The highest BCUT2D eigenvalue weighted by Gasteiger charge is 2.08. The molecule has 15 heavy (non-hydrogen) atoms. The zero-order valence-corrected chi connectivity index (χ0v) is 8.84. The average molecular weight is 224 g/mol. The van der Waals surface area contributed by atoms with Crippen LogP contribution in [0.3, 0.4) is 0 Å². The van der Waals surface area contributed by atoms with Gasteiger partial charge in [-0.2, -0.15) is 5.10 Å². The molecule has 0 bridgehead atoms. The summed E-state index contributed by atoms with van der Waals surface area (Å²) in [5.74, 6) is 0.499. The number of nitrogen functional groups attached to an aromatic ring is 1. The standard InChI is InChI=1S/C10H10ClN3O/c1-5-2-9(15)7(11)3-6(5)8-4-10(12)14-13-8/h2-4,15H,1H3,(H3,12,13,14). The van der Waals surface area contributed by atoms with Crippen molar-refractivity contribution in [3.63, 3.8) is 0 Å². The molecule has 1 heterocycles. The van der Waals surface area contributed by atoms with E-state index < -0.39 is 0 Å². The van der Waals surface area contributed by atoms with E-state index in [-0.39, 0.29) is 5.75 Å². The lowest BCUT2D eigenvalue weighted by Crippen LogP contribution is -1.84. The number of halogens is 1. The quantitative estimate of drug-likeness (QED) is 0.695. The van der Waals surface area contributed by atoms with Crippen molar-refractivity contribution < 1.29 is 5.11 Å². The fourth-order valence-corrected chi connectivity index (χ4v) is 1.60. The smallest absolute Gasteiger partial charge is 0.145 e. The SMILES string of the molecule is Cc1cc(O)c(Cl)cc1-c1cc(N)n[nH]1. The Morgan fingerprint density at radius 3 is 2.73 bits per heavy atom. The van der Waals surface area contributed by atoms with Crippen LogP contribution >= 0.6 is 11.6 Å². The molecule has 2 rings (SSSR count). The van der Waals surface area contributed by atoms with Gasteiger partial charge in [-0.1, -0.05) is 11.6 Å². The molecule has 1 aromatic carbocycles. The molecule has 0 saturated carbocycles. The van der Waals surface area contributed by atoms with Gasteiger partial charge in [0.05, 0.1) is 10.7 Å². The van der Waals surface area contributed by atoms with E-state index in [1.54, 1.807) is 18.2 Å². The number of nitrogens with one attached hydrogen (secondary N) is 1. The number of rotatable bonds is 1. The second-order valence-electron chi connectivity index (χ2n) is 3.33. The van der Waals surface area contributed by atoms with Gasteiger partial charge in [-0.05, 0) is 24.6 Å². The number of nitrogens with zero attached hydrogens (tertiary/aromatic N) is 1. The lowest BCUT2D eigenvalue weighted by atomic mass is 10.1. The van der Waals surface area contributed by atoms with Crippen LogP contribution in [0.2, 0.25) is 5.02 Å². The Kier molecular flexibility index (Phi) is 2.28. The van der Waals surface area contributed by atoms with Crippen molar-refractivity contribution in [2.45, 2.75) is 6.92 Å². The number of nitrogens with two attached hydrogens (primary N) is 1. The van der Waals surface area contributed by atoms with Crippen LogP contribution in [-0.4, -0.2) is 15.3 Å². The molecule has 4 nitrogen and oxygen atoms in total. The van der Waals surface area contributed by atoms with Crippen molar-refractivity contribution in [3.05, 3.63) is 28.8 Å². The largest absolute Gasteiger partial charge is 0.506 e. The zero-order valence-electron chi connectivity index (χ0n) is 8.08. The summed E-state index contributed by atoms with van der Waals surface area (Å²) >= 11 is 5.83. The van der Waals surface area contributed by atoms with E-state index in [1.165, 1.54) is 0 Å². The number of anilines is 1. The first-order valence-electron chi connectivity index (χ1n) is 4.38. The Hall–Kier alpha value is -1.68. The number of benzene rings is 1. The van der Waals surface area contributed by atoms with Gasteiger partial charge in [0.15, 0.2) is 0 Å². The Balaban J connectivity index is 2.58. The number of aromatic nitrogens is 2. The molecular formula is C10H10ClN3O. The Morgan fingerprint density at radius 1 is 1.40 bits per heavy atom. The van der Waals surface area contributed by atoms with E-state index >= 15 is 0 Å². The molecule has 0 radical (unpaired) electrons. The van der Waals surface area contributed by atoms with Crippen LogP contribution in [0.5, 0.6) is 5.75 Å². The van der Waals surface area contributed by atoms with E-state index in [1.807, 2.05) is 6.92 Å². The fraction of sp³-hybridized carbons (Fsp3) is 0.100. The molecule has 0 spiro atoms. The molecular weight excluding hydrogens is 214 g/mol. The molecule has 1 aromatic heterocycles. The molecule has 0 saturated heterocycles. The van der Waals surface area contributed by atoms with Crippen LogP contribution in [-0.2, 0) is 0 Å². The number of aryl methyl sites for hydroxylation is 1. The lowest BCUT2D eigenvalue weighted by molar-refractivity contribution is 0.475. The monoisotopic (exact) mass is 223 g/mol. The van der Waals surface area contributed by atoms with E-state index in [2.05, 4.69) is 10.2 Å². The third-order valence-electron chi connectivity index (χ3n) is 2.18. The highest BCUT2D eigenvalue weighted by atomic mass is 35.5. The highest BCUT2D eigenvalue weighted by molar-refractivity contribution is 6.32. The topological polar surface area (TPSA) is 74.9 Å². The van der Waals surface area contributed by atoms with E-state index in [9.17, 15) is 5.11 Å². The normalized spacial score (nSPS) is 10.5. The predicted molar refractivity (Wildman–Crippen MR) is 59.8 cm³/mol. The summed E-state index contributed by atoms with van der Waals surface area (Å²) < 4.78 is 0. The summed E-state index contributed by atoms with van der Waals surface area (Å²) in [5, 5.41) is 16.3. The minimum atomic E-state index is 0.0744. The Bertz CT molecular complexity index is 507. The van der Waals surface area contributed by atoms with Gasteiger partial charge in [0.2, 0.25) is 0 Å². The van der Waals surface area contributed by atoms with E-state index in [4.69, 9.17) is 17.3 Å². The van der Waals surface area contributed by atoms with Gasteiger partial charge in [0, 0.05) is 11.6 Å². The van der Waals surface area contributed by atoms with Gasteiger partial charge in [0.25, 0.3) is 0 Å². The highest BCUT2D eigenvalue weighted by Crippen LogP contribution is 2.32. The van der Waals surface area contributed by atoms with Crippen molar-refractivity contribution in [1.29, 1.82) is 0 Å². The van der Waals surface area contributed by atoms with Crippen LogP contribution in [0.25, 0.3) is 11.3 Å². The van der Waals surface area contributed by atoms with Crippen LogP contribution in [0.1, 0.15) is 5.56 Å². The first-order valence-corrected chi connectivity index (χ1v) is 4.76. The summed E-state index contributed by atoms with van der Waals surface area (Å²) in [7, 11) is 0. The lowest BCUT2D eigenvalue weighted by Gasteiger charge is -2.05. The summed E-state index contributed by atoms with van der Waals surface area (Å²) in [6, 6.07) is 5.00. The molecule has 4 N–H and O–H groups in total. The number of phenolic OH excluding ortho intramolecular Hbond substituents is 1. The van der Waals surface area contributed by atoms with Crippen molar-refractivity contribution in [2.75, 3.05) is 5.73 Å². The number of phenols is 1. The van der Waals surface area contributed by atoms with Gasteiger partial charge >= 0.3 is 0 Å². The minimum absolute atomic E-state index is 0.0744. The number of aromatic amines is 1. The van der Waals surface area contributed by atoms with Crippen LogP contribution in [0.4, 0.5) is 5.82 Å². The first-order chi connectivity index (χ1) is 7.08. The van der Waals surface area contributed by atoms with Crippen LogP contribution in [0.15, 0.2) is 18.2 Å². The van der Waals surface area contributed by atoms with Gasteiger partial charge in [-0.3, -0.25) is 5.10 Å². The zero-order chi connectivity index (χ0) is 11.0. The Morgan fingerprint density at radius 2 is 2.13 bits per heavy atom. The third-order valence-corrected chi connectivity index (χ3v) is 2.48. The maximum absolute atomic E-state index is 9.39. The van der Waals surface area contributed by atoms with Crippen LogP contribution < -0.4 is 5.73 Å². The molecule has 0 amide bonds. The molecule has 0 atom stereocenters. The maximum Gasteiger partial charge on any atom is 0.145 e. The van der Waals surface area contributed by atoms with Crippen molar-refractivity contribution >= 4 is 17.4 Å². The third kappa shape index (κ3) is 1.76. The van der Waals surface area contributed by atoms with Crippen molar-refractivity contribution in [1.82, 2.24) is 10.2 Å². The number of hydrogen-bond donors (Lipinski definition) is 3. The molecule has 2 aromatic rings.